The minimum Gasteiger partial charge on any atom is -0.332 e. The zero-order chi connectivity index (χ0) is 23.5. The number of benzene rings is 3. The van der Waals surface area contributed by atoms with Gasteiger partial charge < -0.3 is 10.2 Å². The molecule has 2 amide bonds. The van der Waals surface area contributed by atoms with Crippen molar-refractivity contribution in [3.8, 4) is 0 Å². The molecule has 0 aliphatic carbocycles. The molecule has 33 heavy (non-hydrogen) atoms. The predicted octanol–water partition coefficient (Wildman–Crippen LogP) is 6.29. The molecule has 9 heteroatoms. The first kappa shape index (κ1) is 23.7. The Morgan fingerprint density at radius 1 is 0.939 bits per heavy atom. The van der Waals surface area contributed by atoms with Crippen LogP contribution in [0.15, 0.2) is 77.3 Å². The number of hydrogen-bond donors (Lipinski definition) is 1. The third-order valence-corrected chi connectivity index (χ3v) is 6.63. The van der Waals surface area contributed by atoms with E-state index in [1.807, 2.05) is 24.3 Å². The van der Waals surface area contributed by atoms with E-state index in [0.717, 1.165) is 10.0 Å². The molecule has 1 atom stereocenters. The van der Waals surface area contributed by atoms with Gasteiger partial charge in [-0.15, -0.1) is 0 Å². The number of carbonyl (C=O) groups is 2. The molecule has 0 saturated carbocycles. The first-order valence-corrected chi connectivity index (χ1v) is 12.0. The van der Waals surface area contributed by atoms with Crippen LogP contribution in [0.25, 0.3) is 0 Å². The van der Waals surface area contributed by atoms with Gasteiger partial charge in [0, 0.05) is 26.8 Å². The third-order valence-electron chi connectivity index (χ3n) is 5.18. The van der Waals surface area contributed by atoms with Crippen LogP contribution in [0.5, 0.6) is 0 Å². The van der Waals surface area contributed by atoms with Gasteiger partial charge in [-0.3, -0.25) is 14.5 Å². The Morgan fingerprint density at radius 2 is 1.52 bits per heavy atom. The van der Waals surface area contributed by atoms with Gasteiger partial charge >= 0.3 is 0 Å². The SMILES string of the molecule is O=C(CC1C(=O)N(c2ccc(Cl)cc2)C(=S)N1Cc1ccc(Cl)cc1)Nc1ccc(Br)cc1. The van der Waals surface area contributed by atoms with E-state index in [0.29, 0.717) is 33.1 Å². The largest absolute Gasteiger partial charge is 0.332 e. The quantitative estimate of drug-likeness (QED) is 0.359. The fraction of sp³-hybridized carbons (Fsp3) is 0.125. The molecule has 0 bridgehead atoms. The Hall–Kier alpha value is -2.45. The summed E-state index contributed by atoms with van der Waals surface area (Å²) >= 11 is 21.1. The Balaban J connectivity index is 1.59. The van der Waals surface area contributed by atoms with Crippen LogP contribution >= 0.6 is 51.3 Å². The van der Waals surface area contributed by atoms with Crippen molar-refractivity contribution in [1.82, 2.24) is 4.90 Å². The van der Waals surface area contributed by atoms with E-state index in [4.69, 9.17) is 35.4 Å². The highest BCUT2D eigenvalue weighted by Gasteiger charge is 2.44. The first-order chi connectivity index (χ1) is 15.8. The van der Waals surface area contributed by atoms with Gasteiger partial charge in [0.15, 0.2) is 5.11 Å². The second-order valence-electron chi connectivity index (χ2n) is 7.46. The van der Waals surface area contributed by atoms with Crippen LogP contribution in [0, 0.1) is 0 Å². The van der Waals surface area contributed by atoms with Gasteiger partial charge in [0.2, 0.25) is 5.91 Å². The van der Waals surface area contributed by atoms with Crippen molar-refractivity contribution in [3.63, 3.8) is 0 Å². The molecule has 0 radical (unpaired) electrons. The summed E-state index contributed by atoms with van der Waals surface area (Å²) in [7, 11) is 0. The topological polar surface area (TPSA) is 52.7 Å². The van der Waals surface area contributed by atoms with Crippen molar-refractivity contribution in [1.29, 1.82) is 0 Å². The molecule has 5 nitrogen and oxygen atoms in total. The van der Waals surface area contributed by atoms with Crippen LogP contribution in [0.3, 0.4) is 0 Å². The second kappa shape index (κ2) is 10.2. The van der Waals surface area contributed by atoms with Crippen molar-refractivity contribution in [3.05, 3.63) is 92.9 Å². The molecule has 1 aliphatic heterocycles. The Kier molecular flexibility index (Phi) is 7.34. The Morgan fingerprint density at radius 3 is 2.12 bits per heavy atom. The van der Waals surface area contributed by atoms with Crippen LogP contribution in [0.2, 0.25) is 10.0 Å². The number of halogens is 3. The van der Waals surface area contributed by atoms with E-state index < -0.39 is 6.04 Å². The van der Waals surface area contributed by atoms with E-state index in [1.54, 1.807) is 53.4 Å². The number of hydrogen-bond acceptors (Lipinski definition) is 3. The molecule has 1 fully saturated rings. The number of amides is 2. The summed E-state index contributed by atoms with van der Waals surface area (Å²) in [4.78, 5) is 29.5. The van der Waals surface area contributed by atoms with Crippen molar-refractivity contribution in [2.75, 3.05) is 10.2 Å². The number of anilines is 2. The van der Waals surface area contributed by atoms with Gasteiger partial charge in [0.05, 0.1) is 12.1 Å². The average molecular weight is 563 g/mol. The molecule has 3 aromatic rings. The molecule has 0 spiro atoms. The highest BCUT2D eigenvalue weighted by molar-refractivity contribution is 9.10. The standard InChI is InChI=1S/C24H18BrCl2N3O2S/c25-16-3-9-19(10-4-16)28-22(31)13-21-23(32)30(20-11-7-18(27)8-12-20)24(33)29(21)14-15-1-5-17(26)6-2-15/h1-12,21H,13-14H2,(H,28,31). The normalized spacial score (nSPS) is 15.8. The Labute approximate surface area is 215 Å². The maximum Gasteiger partial charge on any atom is 0.256 e. The van der Waals surface area contributed by atoms with Gasteiger partial charge in [-0.1, -0.05) is 51.3 Å². The molecule has 1 heterocycles. The summed E-state index contributed by atoms with van der Waals surface area (Å²) in [6, 6.07) is 20.7. The number of nitrogens with one attached hydrogen (secondary N) is 1. The van der Waals surface area contributed by atoms with Gasteiger partial charge in [-0.05, 0) is 78.4 Å². The molecule has 1 unspecified atom stereocenters. The molecule has 1 saturated heterocycles. The van der Waals surface area contributed by atoms with E-state index in [-0.39, 0.29) is 18.2 Å². The minimum absolute atomic E-state index is 0.0489. The number of thiocarbonyl (C=S) groups is 1. The van der Waals surface area contributed by atoms with Gasteiger partial charge in [0.1, 0.15) is 6.04 Å². The summed E-state index contributed by atoms with van der Waals surface area (Å²) in [5.74, 6) is -0.542. The molecule has 3 aromatic carbocycles. The lowest BCUT2D eigenvalue weighted by molar-refractivity contribution is -0.124. The summed E-state index contributed by atoms with van der Waals surface area (Å²) in [6.45, 7) is 0.363. The minimum atomic E-state index is -0.751. The van der Waals surface area contributed by atoms with Crippen LogP contribution < -0.4 is 10.2 Å². The van der Waals surface area contributed by atoms with Crippen LogP contribution in [0.4, 0.5) is 11.4 Å². The number of rotatable bonds is 6. The van der Waals surface area contributed by atoms with E-state index >= 15 is 0 Å². The molecule has 1 N–H and O–H groups in total. The van der Waals surface area contributed by atoms with E-state index in [9.17, 15) is 9.59 Å². The van der Waals surface area contributed by atoms with Crippen molar-refractivity contribution < 1.29 is 9.59 Å². The second-order valence-corrected chi connectivity index (χ2v) is 9.62. The maximum absolute atomic E-state index is 13.4. The molecular weight excluding hydrogens is 545 g/mol. The fourth-order valence-electron chi connectivity index (χ4n) is 3.55. The first-order valence-electron chi connectivity index (χ1n) is 10.0. The summed E-state index contributed by atoms with van der Waals surface area (Å²) in [5.41, 5.74) is 2.17. The van der Waals surface area contributed by atoms with Crippen LogP contribution in [0.1, 0.15) is 12.0 Å². The summed E-state index contributed by atoms with van der Waals surface area (Å²) in [6.07, 6.45) is -0.0489. The molecular formula is C24H18BrCl2N3O2S. The highest BCUT2D eigenvalue weighted by Crippen LogP contribution is 2.30. The Bertz CT molecular complexity index is 1190. The molecule has 4 rings (SSSR count). The molecule has 168 valence electrons. The lowest BCUT2D eigenvalue weighted by atomic mass is 10.1. The summed E-state index contributed by atoms with van der Waals surface area (Å²) < 4.78 is 0.907. The van der Waals surface area contributed by atoms with Gasteiger partial charge in [-0.2, -0.15) is 0 Å². The van der Waals surface area contributed by atoms with Crippen molar-refractivity contribution in [2.24, 2.45) is 0 Å². The van der Waals surface area contributed by atoms with Crippen LogP contribution in [-0.2, 0) is 16.1 Å². The lowest BCUT2D eigenvalue weighted by Crippen LogP contribution is -2.37. The smallest absolute Gasteiger partial charge is 0.256 e. The number of nitrogens with zero attached hydrogens (tertiary/aromatic N) is 2. The lowest BCUT2D eigenvalue weighted by Gasteiger charge is -2.24. The van der Waals surface area contributed by atoms with Crippen molar-refractivity contribution >= 4 is 79.7 Å². The molecule has 1 aliphatic rings. The zero-order valence-corrected chi connectivity index (χ0v) is 21.1. The summed E-state index contributed by atoms with van der Waals surface area (Å²) in [5, 5.41) is 4.36. The van der Waals surface area contributed by atoms with Crippen LogP contribution in [-0.4, -0.2) is 27.9 Å². The maximum atomic E-state index is 13.4. The van der Waals surface area contributed by atoms with Gasteiger partial charge in [0.25, 0.3) is 5.91 Å². The van der Waals surface area contributed by atoms with Crippen molar-refractivity contribution in [2.45, 2.75) is 19.0 Å². The predicted molar refractivity (Wildman–Crippen MR) is 140 cm³/mol. The zero-order valence-electron chi connectivity index (χ0n) is 17.2. The highest BCUT2D eigenvalue weighted by atomic mass is 79.9. The monoisotopic (exact) mass is 561 g/mol. The average Bonchev–Trinajstić information content (AvgIpc) is 3.01. The molecule has 0 aromatic heterocycles. The van der Waals surface area contributed by atoms with Gasteiger partial charge in [-0.25, -0.2) is 0 Å². The van der Waals surface area contributed by atoms with E-state index in [1.165, 1.54) is 4.90 Å². The number of carbonyl (C=O) groups excluding carboxylic acids is 2. The van der Waals surface area contributed by atoms with E-state index in [2.05, 4.69) is 21.2 Å². The third kappa shape index (κ3) is 5.55. The fourth-order valence-corrected chi connectivity index (χ4v) is 4.45.